The van der Waals surface area contributed by atoms with Crippen LogP contribution < -0.4 is 5.32 Å². The topological polar surface area (TPSA) is 89.8 Å². The Morgan fingerprint density at radius 3 is 2.67 bits per heavy atom. The second-order valence-corrected chi connectivity index (χ2v) is 4.50. The minimum absolute atomic E-state index is 0.161. The maximum Gasteiger partial charge on any atom is 0.228 e. The van der Waals surface area contributed by atoms with Gasteiger partial charge in [-0.3, -0.25) is 4.79 Å². The molecule has 21 heavy (non-hydrogen) atoms. The number of amides is 1. The van der Waals surface area contributed by atoms with Gasteiger partial charge in [-0.15, -0.1) is 0 Å². The number of rotatable bonds is 4. The summed E-state index contributed by atoms with van der Waals surface area (Å²) in [4.78, 5) is 11.9. The lowest BCUT2D eigenvalue weighted by atomic mass is 10.1. The fourth-order valence-corrected chi connectivity index (χ4v) is 1.85. The van der Waals surface area contributed by atoms with E-state index in [0.717, 1.165) is 12.1 Å². The third kappa shape index (κ3) is 4.01. The van der Waals surface area contributed by atoms with Crippen molar-refractivity contribution in [1.82, 2.24) is 0 Å². The van der Waals surface area contributed by atoms with Gasteiger partial charge in [0.25, 0.3) is 0 Å². The summed E-state index contributed by atoms with van der Waals surface area (Å²) in [6.07, 6.45) is -1.83. The van der Waals surface area contributed by atoms with E-state index in [1.807, 2.05) is 0 Å². The van der Waals surface area contributed by atoms with Gasteiger partial charge in [0.15, 0.2) is 6.29 Å². The number of halogens is 1. The Hall–Kier alpha value is -2.44. The quantitative estimate of drug-likeness (QED) is 0.645. The minimum atomic E-state index is -1.63. The summed E-state index contributed by atoms with van der Waals surface area (Å²) >= 11 is 0. The van der Waals surface area contributed by atoms with E-state index in [2.05, 4.69) is 5.32 Å². The van der Waals surface area contributed by atoms with Gasteiger partial charge < -0.3 is 20.6 Å². The molecule has 6 heteroatoms. The van der Waals surface area contributed by atoms with E-state index in [1.54, 1.807) is 12.1 Å². The number of nitrogens with one attached hydrogen (secondary N) is 1. The highest BCUT2D eigenvalue weighted by atomic mass is 19.1. The SMILES string of the molecule is O=C(Cc1cc(F)ccc1O)Nc1cccc(C(O)O)c1. The molecule has 2 rings (SSSR count). The Balaban J connectivity index is 2.08. The standard InChI is InChI=1S/C15H14FNO4/c16-11-4-5-13(18)10(6-11)8-14(19)17-12-3-1-2-9(7-12)15(20)21/h1-7,15,18,20-21H,8H2,(H,17,19). The van der Waals surface area contributed by atoms with E-state index in [4.69, 9.17) is 10.2 Å². The molecule has 0 aromatic heterocycles. The lowest BCUT2D eigenvalue weighted by molar-refractivity contribution is -0.115. The lowest BCUT2D eigenvalue weighted by Gasteiger charge is -2.09. The van der Waals surface area contributed by atoms with Gasteiger partial charge in [0, 0.05) is 16.8 Å². The van der Waals surface area contributed by atoms with Crippen molar-refractivity contribution in [2.24, 2.45) is 0 Å². The van der Waals surface area contributed by atoms with Crippen molar-refractivity contribution in [3.63, 3.8) is 0 Å². The minimum Gasteiger partial charge on any atom is -0.508 e. The molecule has 0 aliphatic heterocycles. The highest BCUT2D eigenvalue weighted by molar-refractivity contribution is 5.92. The number of phenols is 1. The third-order valence-electron chi connectivity index (χ3n) is 2.86. The van der Waals surface area contributed by atoms with Crippen molar-refractivity contribution in [1.29, 1.82) is 0 Å². The van der Waals surface area contributed by atoms with Crippen LogP contribution in [0.5, 0.6) is 5.75 Å². The molecule has 110 valence electrons. The summed E-state index contributed by atoms with van der Waals surface area (Å²) in [7, 11) is 0. The van der Waals surface area contributed by atoms with Crippen molar-refractivity contribution in [3.8, 4) is 5.75 Å². The molecule has 4 N–H and O–H groups in total. The summed E-state index contributed by atoms with van der Waals surface area (Å²) in [5.74, 6) is -1.16. The zero-order valence-corrected chi connectivity index (χ0v) is 11.0. The number of carbonyl (C=O) groups excluding carboxylic acids is 1. The van der Waals surface area contributed by atoms with Gasteiger partial charge in [-0.25, -0.2) is 4.39 Å². The summed E-state index contributed by atoms with van der Waals surface area (Å²) < 4.78 is 13.1. The van der Waals surface area contributed by atoms with Gasteiger partial charge >= 0.3 is 0 Å². The zero-order valence-electron chi connectivity index (χ0n) is 11.0. The van der Waals surface area contributed by atoms with E-state index in [9.17, 15) is 14.3 Å². The normalized spacial score (nSPS) is 10.7. The Kier molecular flexibility index (Phi) is 4.52. The van der Waals surface area contributed by atoms with Crippen LogP contribution in [0, 0.1) is 5.82 Å². The molecule has 0 aliphatic rings. The molecule has 0 aliphatic carbocycles. The number of anilines is 1. The highest BCUT2D eigenvalue weighted by Crippen LogP contribution is 2.20. The second-order valence-electron chi connectivity index (χ2n) is 4.50. The van der Waals surface area contributed by atoms with E-state index >= 15 is 0 Å². The van der Waals surface area contributed by atoms with Crippen LogP contribution in [-0.2, 0) is 11.2 Å². The molecular formula is C15H14FNO4. The number of carbonyl (C=O) groups is 1. The first kappa shape index (κ1) is 15.0. The molecule has 0 fully saturated rings. The van der Waals surface area contributed by atoms with Crippen molar-refractivity contribution in [2.75, 3.05) is 5.32 Å². The molecule has 0 atom stereocenters. The monoisotopic (exact) mass is 291 g/mol. The number of benzene rings is 2. The number of aliphatic hydroxyl groups excluding tert-OH is 1. The molecule has 2 aromatic carbocycles. The van der Waals surface area contributed by atoms with Crippen LogP contribution >= 0.6 is 0 Å². The molecule has 0 saturated carbocycles. The number of phenolic OH excluding ortho intramolecular Hbond substituents is 1. The fourth-order valence-electron chi connectivity index (χ4n) is 1.85. The molecule has 1 amide bonds. The average molecular weight is 291 g/mol. The first-order valence-corrected chi connectivity index (χ1v) is 6.19. The van der Waals surface area contributed by atoms with Gasteiger partial charge in [0.05, 0.1) is 6.42 Å². The summed E-state index contributed by atoms with van der Waals surface area (Å²) in [5.41, 5.74) is 0.786. The smallest absolute Gasteiger partial charge is 0.228 e. The molecule has 0 unspecified atom stereocenters. The molecular weight excluding hydrogens is 277 g/mol. The molecule has 0 heterocycles. The summed E-state index contributed by atoms with van der Waals surface area (Å²) in [6.45, 7) is 0. The van der Waals surface area contributed by atoms with Crippen molar-refractivity contribution in [3.05, 3.63) is 59.4 Å². The number of hydrogen-bond donors (Lipinski definition) is 4. The van der Waals surface area contributed by atoms with E-state index < -0.39 is 18.0 Å². The first-order valence-electron chi connectivity index (χ1n) is 6.19. The molecule has 2 aromatic rings. The Morgan fingerprint density at radius 1 is 1.19 bits per heavy atom. The average Bonchev–Trinajstić information content (AvgIpc) is 2.43. The van der Waals surface area contributed by atoms with E-state index in [0.29, 0.717) is 5.69 Å². The van der Waals surface area contributed by atoms with Gasteiger partial charge in [0.1, 0.15) is 11.6 Å². The molecule has 0 saturated heterocycles. The van der Waals surface area contributed by atoms with Crippen molar-refractivity contribution >= 4 is 11.6 Å². The Labute approximate surface area is 120 Å². The number of aromatic hydroxyl groups is 1. The predicted molar refractivity (Wildman–Crippen MR) is 74.0 cm³/mol. The van der Waals surface area contributed by atoms with Crippen LogP contribution in [0.4, 0.5) is 10.1 Å². The number of aliphatic hydroxyl groups is 2. The van der Waals surface area contributed by atoms with Gasteiger partial charge in [-0.05, 0) is 30.3 Å². The van der Waals surface area contributed by atoms with Crippen molar-refractivity contribution < 1.29 is 24.5 Å². The van der Waals surface area contributed by atoms with Crippen molar-refractivity contribution in [2.45, 2.75) is 12.7 Å². The van der Waals surface area contributed by atoms with Crippen LogP contribution in [0.3, 0.4) is 0 Å². The van der Waals surface area contributed by atoms with E-state index in [-0.39, 0.29) is 23.3 Å². The molecule has 0 radical (unpaired) electrons. The lowest BCUT2D eigenvalue weighted by Crippen LogP contribution is -2.15. The second kappa shape index (κ2) is 6.34. The number of hydrogen-bond acceptors (Lipinski definition) is 4. The van der Waals surface area contributed by atoms with Crippen LogP contribution in [0.2, 0.25) is 0 Å². The van der Waals surface area contributed by atoms with Crippen LogP contribution in [0.25, 0.3) is 0 Å². The molecule has 0 bridgehead atoms. The van der Waals surface area contributed by atoms with Crippen LogP contribution in [0.1, 0.15) is 17.4 Å². The zero-order chi connectivity index (χ0) is 15.4. The van der Waals surface area contributed by atoms with E-state index in [1.165, 1.54) is 18.2 Å². The van der Waals surface area contributed by atoms with Crippen LogP contribution in [0.15, 0.2) is 42.5 Å². The molecule has 0 spiro atoms. The van der Waals surface area contributed by atoms with Gasteiger partial charge in [-0.1, -0.05) is 12.1 Å². The largest absolute Gasteiger partial charge is 0.508 e. The first-order chi connectivity index (χ1) is 9.95. The maximum absolute atomic E-state index is 13.1. The molecule has 5 nitrogen and oxygen atoms in total. The third-order valence-corrected chi connectivity index (χ3v) is 2.86. The Morgan fingerprint density at radius 2 is 1.95 bits per heavy atom. The highest BCUT2D eigenvalue weighted by Gasteiger charge is 2.10. The Bertz CT molecular complexity index is 658. The van der Waals surface area contributed by atoms with Gasteiger partial charge in [-0.2, -0.15) is 0 Å². The van der Waals surface area contributed by atoms with Crippen LogP contribution in [-0.4, -0.2) is 21.2 Å². The summed E-state index contributed by atoms with van der Waals surface area (Å²) in [5, 5.41) is 30.2. The fraction of sp³-hybridized carbons (Fsp3) is 0.133. The maximum atomic E-state index is 13.1. The summed E-state index contributed by atoms with van der Waals surface area (Å²) in [6, 6.07) is 9.42. The predicted octanol–water partition coefficient (Wildman–Crippen LogP) is 1.70. The van der Waals surface area contributed by atoms with Gasteiger partial charge in [0.2, 0.25) is 5.91 Å².